The van der Waals surface area contributed by atoms with Gasteiger partial charge in [-0.2, -0.15) is 5.26 Å². The third kappa shape index (κ3) is 2.25. The van der Waals surface area contributed by atoms with E-state index in [-0.39, 0.29) is 24.2 Å². The summed E-state index contributed by atoms with van der Waals surface area (Å²) < 4.78 is 38.4. The Hall–Kier alpha value is -1.61. The first kappa shape index (κ1) is 11.5. The first-order valence-electron chi connectivity index (χ1n) is 4.13. The Morgan fingerprint density at radius 2 is 2.20 bits per heavy atom. The molecular weight excluding hydrogens is 207 g/mol. The third-order valence-corrected chi connectivity index (χ3v) is 1.89. The second-order valence-electron chi connectivity index (χ2n) is 2.80. The number of halogens is 3. The van der Waals surface area contributed by atoms with Gasteiger partial charge in [0.2, 0.25) is 0 Å². The molecule has 1 rings (SSSR count). The number of pyridine rings is 1. The van der Waals surface area contributed by atoms with Crippen LogP contribution in [0.4, 0.5) is 13.2 Å². The normalized spacial score (nSPS) is 10.4. The molecule has 1 heterocycles. The number of nitrogens with zero attached hydrogens (tertiary/aromatic N) is 2. The molecule has 0 bridgehead atoms. The summed E-state index contributed by atoms with van der Waals surface area (Å²) in [6.07, 6.45) is -2.20. The molecule has 0 saturated heterocycles. The molecule has 15 heavy (non-hydrogen) atoms. The minimum absolute atomic E-state index is 0.134. The summed E-state index contributed by atoms with van der Waals surface area (Å²) in [6, 6.07) is 1.67. The quantitative estimate of drug-likeness (QED) is 0.834. The molecule has 0 unspecified atom stereocenters. The van der Waals surface area contributed by atoms with Crippen molar-refractivity contribution >= 4 is 0 Å². The average Bonchev–Trinajstić information content (AvgIpc) is 2.20. The summed E-state index contributed by atoms with van der Waals surface area (Å²) >= 11 is 0. The lowest BCUT2D eigenvalue weighted by atomic mass is 10.1. The first-order valence-corrected chi connectivity index (χ1v) is 4.13. The van der Waals surface area contributed by atoms with Crippen LogP contribution in [-0.4, -0.2) is 4.98 Å². The van der Waals surface area contributed by atoms with Crippen molar-refractivity contribution in [3.05, 3.63) is 28.8 Å². The second-order valence-corrected chi connectivity index (χ2v) is 2.80. The maximum Gasteiger partial charge on any atom is 0.268 e. The number of rotatable bonds is 3. The Kier molecular flexibility index (Phi) is 3.63. The van der Waals surface area contributed by atoms with Gasteiger partial charge in [-0.15, -0.1) is 0 Å². The highest BCUT2D eigenvalue weighted by atomic mass is 19.3. The number of hydrogen-bond acceptors (Lipinski definition) is 3. The monoisotopic (exact) mass is 215 g/mol. The van der Waals surface area contributed by atoms with Gasteiger partial charge in [0.15, 0.2) is 0 Å². The predicted octanol–water partition coefficient (Wildman–Crippen LogP) is 1.68. The largest absolute Gasteiger partial charge is 0.325 e. The van der Waals surface area contributed by atoms with Gasteiger partial charge in [-0.25, -0.2) is 13.2 Å². The van der Waals surface area contributed by atoms with Crippen LogP contribution in [0.25, 0.3) is 0 Å². The highest BCUT2D eigenvalue weighted by Crippen LogP contribution is 2.26. The zero-order valence-corrected chi connectivity index (χ0v) is 7.67. The molecular formula is C9H8F3N3. The van der Waals surface area contributed by atoms with E-state index in [9.17, 15) is 13.2 Å². The molecule has 0 aliphatic heterocycles. The van der Waals surface area contributed by atoms with Crippen molar-refractivity contribution in [3.8, 4) is 6.07 Å². The summed E-state index contributed by atoms with van der Waals surface area (Å²) in [6.45, 7) is -0.260. The molecule has 3 nitrogen and oxygen atoms in total. The van der Waals surface area contributed by atoms with E-state index >= 15 is 0 Å². The van der Waals surface area contributed by atoms with Gasteiger partial charge >= 0.3 is 0 Å². The molecule has 6 heteroatoms. The molecule has 0 aromatic carbocycles. The highest BCUT2D eigenvalue weighted by molar-refractivity contribution is 5.30. The minimum atomic E-state index is -2.98. The molecule has 2 N–H and O–H groups in total. The number of aromatic nitrogens is 1. The molecule has 0 aliphatic carbocycles. The number of hydrogen-bond donors (Lipinski definition) is 1. The molecule has 0 atom stereocenters. The van der Waals surface area contributed by atoms with Crippen molar-refractivity contribution < 1.29 is 13.2 Å². The van der Waals surface area contributed by atoms with E-state index in [1.165, 1.54) is 0 Å². The molecule has 0 saturated carbocycles. The zero-order valence-electron chi connectivity index (χ0n) is 7.67. The molecule has 0 amide bonds. The van der Waals surface area contributed by atoms with E-state index in [0.717, 1.165) is 6.20 Å². The molecule has 1 aromatic rings. The van der Waals surface area contributed by atoms with E-state index in [1.54, 1.807) is 6.07 Å². The predicted molar refractivity (Wildman–Crippen MR) is 46.4 cm³/mol. The van der Waals surface area contributed by atoms with Gasteiger partial charge in [-0.1, -0.05) is 0 Å². The fourth-order valence-corrected chi connectivity index (χ4v) is 1.17. The van der Waals surface area contributed by atoms with Gasteiger partial charge in [0, 0.05) is 18.3 Å². The third-order valence-electron chi connectivity index (χ3n) is 1.89. The van der Waals surface area contributed by atoms with E-state index in [2.05, 4.69) is 4.98 Å². The van der Waals surface area contributed by atoms with E-state index in [4.69, 9.17) is 11.0 Å². The highest BCUT2D eigenvalue weighted by Gasteiger charge is 2.21. The maximum atomic E-state index is 13.4. The van der Waals surface area contributed by atoms with Crippen LogP contribution in [0.15, 0.2) is 6.20 Å². The van der Waals surface area contributed by atoms with Crippen molar-refractivity contribution in [1.29, 1.82) is 5.26 Å². The van der Waals surface area contributed by atoms with Crippen LogP contribution < -0.4 is 5.73 Å². The zero-order chi connectivity index (χ0) is 11.4. The van der Waals surface area contributed by atoms with Crippen molar-refractivity contribution in [2.75, 3.05) is 0 Å². The van der Waals surface area contributed by atoms with Crippen LogP contribution in [0.5, 0.6) is 0 Å². The summed E-state index contributed by atoms with van der Waals surface area (Å²) in [4.78, 5) is 3.60. The molecule has 0 spiro atoms. The Morgan fingerprint density at radius 3 is 2.67 bits per heavy atom. The van der Waals surface area contributed by atoms with Gasteiger partial charge in [-0.05, 0) is 0 Å². The molecule has 0 radical (unpaired) electrons. The fraction of sp³-hybridized carbons (Fsp3) is 0.333. The second kappa shape index (κ2) is 4.75. The lowest BCUT2D eigenvalue weighted by Crippen LogP contribution is -2.09. The van der Waals surface area contributed by atoms with Crippen molar-refractivity contribution in [2.24, 2.45) is 5.73 Å². The average molecular weight is 215 g/mol. The summed E-state index contributed by atoms with van der Waals surface area (Å²) in [5, 5.41) is 8.34. The van der Waals surface area contributed by atoms with Crippen LogP contribution in [0.3, 0.4) is 0 Å². The number of nitrogens with two attached hydrogens (primary N) is 1. The maximum absolute atomic E-state index is 13.4. The Labute approximate surface area is 84.3 Å². The van der Waals surface area contributed by atoms with Gasteiger partial charge in [0.05, 0.1) is 23.7 Å². The fourth-order valence-electron chi connectivity index (χ4n) is 1.17. The standard InChI is InChI=1S/C9H8F3N3/c10-8-5(1-2-13)4-15-6(3-14)7(8)9(11)12/h4,9H,1,3,14H2. The van der Waals surface area contributed by atoms with Crippen molar-refractivity contribution in [1.82, 2.24) is 4.98 Å². The lowest BCUT2D eigenvalue weighted by Gasteiger charge is -2.09. The van der Waals surface area contributed by atoms with Crippen LogP contribution in [-0.2, 0) is 13.0 Å². The molecule has 0 aliphatic rings. The molecule has 80 valence electrons. The van der Waals surface area contributed by atoms with Gasteiger partial charge in [-0.3, -0.25) is 4.98 Å². The van der Waals surface area contributed by atoms with Gasteiger partial charge < -0.3 is 5.73 Å². The summed E-state index contributed by atoms with van der Waals surface area (Å²) in [5.41, 5.74) is 4.04. The first-order chi connectivity index (χ1) is 7.11. The molecule has 0 fully saturated rings. The van der Waals surface area contributed by atoms with Crippen molar-refractivity contribution in [3.63, 3.8) is 0 Å². The van der Waals surface area contributed by atoms with E-state index in [1.807, 2.05) is 0 Å². The van der Waals surface area contributed by atoms with Gasteiger partial charge in [0.25, 0.3) is 6.43 Å². The minimum Gasteiger partial charge on any atom is -0.325 e. The van der Waals surface area contributed by atoms with Crippen LogP contribution in [0.1, 0.15) is 23.2 Å². The Balaban J connectivity index is 3.30. The lowest BCUT2D eigenvalue weighted by molar-refractivity contribution is 0.144. The van der Waals surface area contributed by atoms with Crippen LogP contribution in [0, 0.1) is 17.1 Å². The smallest absolute Gasteiger partial charge is 0.268 e. The van der Waals surface area contributed by atoms with Gasteiger partial charge in [0.1, 0.15) is 5.82 Å². The Morgan fingerprint density at radius 1 is 1.53 bits per heavy atom. The summed E-state index contributed by atoms with van der Waals surface area (Å²) in [5.74, 6) is -1.08. The van der Waals surface area contributed by atoms with E-state index in [0.29, 0.717) is 0 Å². The van der Waals surface area contributed by atoms with Crippen LogP contribution in [0.2, 0.25) is 0 Å². The number of alkyl halides is 2. The van der Waals surface area contributed by atoms with Crippen LogP contribution >= 0.6 is 0 Å². The SMILES string of the molecule is N#CCc1cnc(CN)c(C(F)F)c1F. The van der Waals surface area contributed by atoms with Crippen molar-refractivity contribution in [2.45, 2.75) is 19.4 Å². The topological polar surface area (TPSA) is 62.7 Å². The Bertz CT molecular complexity index is 398. The summed E-state index contributed by atoms with van der Waals surface area (Å²) in [7, 11) is 0. The van der Waals surface area contributed by atoms with E-state index < -0.39 is 17.8 Å². The molecule has 1 aromatic heterocycles. The number of nitriles is 1.